The van der Waals surface area contributed by atoms with Gasteiger partial charge in [-0.1, -0.05) is 76.9 Å². The summed E-state index contributed by atoms with van der Waals surface area (Å²) in [6.45, 7) is 7.73. The van der Waals surface area contributed by atoms with Gasteiger partial charge in [-0.05, 0) is 38.6 Å². The zero-order valence-electron chi connectivity index (χ0n) is 16.4. The van der Waals surface area contributed by atoms with E-state index in [9.17, 15) is 0 Å². The minimum absolute atomic E-state index is 0.937. The Morgan fingerprint density at radius 3 is 1.75 bits per heavy atom. The summed E-state index contributed by atoms with van der Waals surface area (Å²) in [5.74, 6) is 0. The lowest BCUT2D eigenvalue weighted by Crippen LogP contribution is -2.36. The third-order valence-corrected chi connectivity index (χ3v) is 5.09. The van der Waals surface area contributed by atoms with Gasteiger partial charge in [-0.25, -0.2) is 0 Å². The number of unbranched alkanes of at least 4 members (excludes halogenated alkanes) is 12. The maximum Gasteiger partial charge on any atom is 0.0594 e. The molecule has 142 valence electrons. The average molecular weight is 338 g/mol. The molecule has 0 saturated carbocycles. The fourth-order valence-corrected chi connectivity index (χ4v) is 3.41. The van der Waals surface area contributed by atoms with Crippen LogP contribution in [0.15, 0.2) is 12.2 Å². The molecule has 1 aliphatic rings. The molecule has 1 rings (SSSR count). The highest BCUT2D eigenvalue weighted by Gasteiger charge is 2.08. The van der Waals surface area contributed by atoms with Crippen molar-refractivity contribution in [2.24, 2.45) is 0 Å². The molecule has 0 aromatic carbocycles. The molecule has 0 unspecified atom stereocenters. The van der Waals surface area contributed by atoms with Crippen molar-refractivity contribution < 1.29 is 4.74 Å². The Bertz CT molecular complexity index is 271. The summed E-state index contributed by atoms with van der Waals surface area (Å²) in [5.41, 5.74) is 0. The van der Waals surface area contributed by atoms with Gasteiger partial charge in [0.15, 0.2) is 0 Å². The minimum Gasteiger partial charge on any atom is -0.379 e. The summed E-state index contributed by atoms with van der Waals surface area (Å²) in [5, 5.41) is 0. The zero-order chi connectivity index (χ0) is 17.1. The Labute approximate surface area is 152 Å². The van der Waals surface area contributed by atoms with Gasteiger partial charge < -0.3 is 4.74 Å². The van der Waals surface area contributed by atoms with Crippen LogP contribution in [0.2, 0.25) is 0 Å². The van der Waals surface area contributed by atoms with E-state index in [-0.39, 0.29) is 0 Å². The van der Waals surface area contributed by atoms with Crippen molar-refractivity contribution in [1.82, 2.24) is 4.90 Å². The van der Waals surface area contributed by atoms with Crippen molar-refractivity contribution in [2.45, 2.75) is 96.8 Å². The summed E-state index contributed by atoms with van der Waals surface area (Å²) in [6.07, 6.45) is 24.3. The Morgan fingerprint density at radius 2 is 1.17 bits per heavy atom. The van der Waals surface area contributed by atoms with E-state index in [0.717, 1.165) is 26.3 Å². The molecule has 0 bridgehead atoms. The maximum absolute atomic E-state index is 5.39. The first-order valence-electron chi connectivity index (χ1n) is 10.9. The van der Waals surface area contributed by atoms with E-state index in [4.69, 9.17) is 4.74 Å². The highest BCUT2D eigenvalue weighted by molar-refractivity contribution is 4.81. The molecular weight excluding hydrogens is 294 g/mol. The number of allylic oxidation sites excluding steroid dienone is 2. The van der Waals surface area contributed by atoms with Crippen LogP contribution in [0.3, 0.4) is 0 Å². The van der Waals surface area contributed by atoms with E-state index in [1.807, 2.05) is 0 Å². The van der Waals surface area contributed by atoms with Crippen LogP contribution < -0.4 is 0 Å². The van der Waals surface area contributed by atoms with E-state index >= 15 is 0 Å². The second-order valence-electron chi connectivity index (χ2n) is 7.39. The molecule has 1 fully saturated rings. The second-order valence-corrected chi connectivity index (χ2v) is 7.39. The molecule has 2 heteroatoms. The SMILES string of the molecule is CCCCCCCC/C=C\CCCCCCCCN1CCOCC1. The number of morpholine rings is 1. The van der Waals surface area contributed by atoms with Gasteiger partial charge in [-0.15, -0.1) is 0 Å². The molecule has 0 amide bonds. The molecular formula is C22H43NO. The van der Waals surface area contributed by atoms with Gasteiger partial charge in [0.25, 0.3) is 0 Å². The molecule has 0 N–H and O–H groups in total. The fourth-order valence-electron chi connectivity index (χ4n) is 3.41. The topological polar surface area (TPSA) is 12.5 Å². The van der Waals surface area contributed by atoms with Gasteiger partial charge in [0, 0.05) is 13.1 Å². The van der Waals surface area contributed by atoms with Crippen LogP contribution in [0.1, 0.15) is 96.8 Å². The zero-order valence-corrected chi connectivity index (χ0v) is 16.4. The number of rotatable bonds is 16. The first-order chi connectivity index (χ1) is 11.9. The van der Waals surface area contributed by atoms with Crippen molar-refractivity contribution in [3.8, 4) is 0 Å². The molecule has 0 atom stereocenters. The van der Waals surface area contributed by atoms with E-state index < -0.39 is 0 Å². The average Bonchev–Trinajstić information content (AvgIpc) is 2.62. The molecule has 1 saturated heterocycles. The van der Waals surface area contributed by atoms with Gasteiger partial charge in [-0.3, -0.25) is 4.90 Å². The quantitative estimate of drug-likeness (QED) is 0.240. The predicted molar refractivity (Wildman–Crippen MR) is 107 cm³/mol. The first kappa shape index (κ1) is 21.7. The molecule has 0 radical (unpaired) electrons. The fraction of sp³-hybridized carbons (Fsp3) is 0.909. The number of ether oxygens (including phenoxy) is 1. The number of nitrogens with zero attached hydrogens (tertiary/aromatic N) is 1. The lowest BCUT2D eigenvalue weighted by atomic mass is 10.1. The van der Waals surface area contributed by atoms with Crippen LogP contribution in [-0.2, 0) is 4.74 Å². The van der Waals surface area contributed by atoms with Crippen molar-refractivity contribution in [3.05, 3.63) is 12.2 Å². The van der Waals surface area contributed by atoms with Crippen LogP contribution in [-0.4, -0.2) is 37.7 Å². The Morgan fingerprint density at radius 1 is 0.667 bits per heavy atom. The molecule has 24 heavy (non-hydrogen) atoms. The van der Waals surface area contributed by atoms with E-state index in [2.05, 4.69) is 24.0 Å². The van der Waals surface area contributed by atoms with Gasteiger partial charge in [-0.2, -0.15) is 0 Å². The maximum atomic E-state index is 5.39. The standard InChI is InChI=1S/C22H43NO/c1-2-3-4-5-6-7-8-9-10-11-12-13-14-15-16-17-18-23-19-21-24-22-20-23/h9-10H,2-8,11-22H2,1H3/b10-9-. The van der Waals surface area contributed by atoms with Crippen molar-refractivity contribution in [2.75, 3.05) is 32.8 Å². The monoisotopic (exact) mass is 337 g/mol. The van der Waals surface area contributed by atoms with Crippen LogP contribution in [0.4, 0.5) is 0 Å². The predicted octanol–water partition coefficient (Wildman–Crippen LogP) is 6.36. The highest BCUT2D eigenvalue weighted by atomic mass is 16.5. The van der Waals surface area contributed by atoms with Crippen LogP contribution in [0.5, 0.6) is 0 Å². The molecule has 0 aromatic rings. The Balaban J connectivity index is 1.71. The third kappa shape index (κ3) is 14.0. The molecule has 0 aliphatic carbocycles. The summed E-state index contributed by atoms with van der Waals surface area (Å²) >= 11 is 0. The summed E-state index contributed by atoms with van der Waals surface area (Å²) in [6, 6.07) is 0. The van der Waals surface area contributed by atoms with Gasteiger partial charge in [0.2, 0.25) is 0 Å². The largest absolute Gasteiger partial charge is 0.379 e. The highest BCUT2D eigenvalue weighted by Crippen LogP contribution is 2.10. The smallest absolute Gasteiger partial charge is 0.0594 e. The second kappa shape index (κ2) is 17.5. The Kier molecular flexibility index (Phi) is 15.8. The van der Waals surface area contributed by atoms with Crippen molar-refractivity contribution in [3.63, 3.8) is 0 Å². The van der Waals surface area contributed by atoms with Crippen LogP contribution >= 0.6 is 0 Å². The molecule has 1 aliphatic heterocycles. The molecule has 0 spiro atoms. The third-order valence-electron chi connectivity index (χ3n) is 5.09. The van der Waals surface area contributed by atoms with Crippen molar-refractivity contribution >= 4 is 0 Å². The van der Waals surface area contributed by atoms with Crippen LogP contribution in [0.25, 0.3) is 0 Å². The minimum atomic E-state index is 0.937. The lowest BCUT2D eigenvalue weighted by molar-refractivity contribution is 0.0371. The molecule has 0 aromatic heterocycles. The molecule has 2 nitrogen and oxygen atoms in total. The number of hydrogen-bond acceptors (Lipinski definition) is 2. The van der Waals surface area contributed by atoms with Gasteiger partial charge in [0.1, 0.15) is 0 Å². The summed E-state index contributed by atoms with van der Waals surface area (Å²) in [4.78, 5) is 2.55. The molecule has 1 heterocycles. The van der Waals surface area contributed by atoms with E-state index in [1.165, 1.54) is 96.4 Å². The summed E-state index contributed by atoms with van der Waals surface area (Å²) in [7, 11) is 0. The van der Waals surface area contributed by atoms with Gasteiger partial charge in [0.05, 0.1) is 13.2 Å². The van der Waals surface area contributed by atoms with E-state index in [1.54, 1.807) is 0 Å². The van der Waals surface area contributed by atoms with Crippen molar-refractivity contribution in [1.29, 1.82) is 0 Å². The summed E-state index contributed by atoms with van der Waals surface area (Å²) < 4.78 is 5.39. The Hall–Kier alpha value is -0.340. The number of hydrogen-bond donors (Lipinski definition) is 0. The van der Waals surface area contributed by atoms with Gasteiger partial charge >= 0.3 is 0 Å². The van der Waals surface area contributed by atoms with E-state index in [0.29, 0.717) is 0 Å². The first-order valence-corrected chi connectivity index (χ1v) is 10.9. The normalized spacial score (nSPS) is 16.2. The lowest BCUT2D eigenvalue weighted by Gasteiger charge is -2.26. The van der Waals surface area contributed by atoms with Crippen LogP contribution in [0, 0.1) is 0 Å².